The number of nitrogens with one attached hydrogen (secondary N) is 3. The molecule has 4 heterocycles. The average Bonchev–Trinajstić information content (AvgIpc) is 3.09. The molecule has 3 aromatic rings. The van der Waals surface area contributed by atoms with Gasteiger partial charge in [0, 0.05) is 18.6 Å². The van der Waals surface area contributed by atoms with Crippen molar-refractivity contribution in [1.29, 1.82) is 0 Å². The fourth-order valence-corrected chi connectivity index (χ4v) is 3.66. The lowest BCUT2D eigenvalue weighted by atomic mass is 10.2. The van der Waals surface area contributed by atoms with Gasteiger partial charge in [-0.25, -0.2) is 4.98 Å². The van der Waals surface area contributed by atoms with Gasteiger partial charge < -0.3 is 15.5 Å². The molecular formula is C17H19N9OS. The van der Waals surface area contributed by atoms with E-state index in [2.05, 4.69) is 54.2 Å². The molecule has 2 aliphatic rings. The molecule has 1 aliphatic heterocycles. The predicted molar refractivity (Wildman–Crippen MR) is 103 cm³/mol. The summed E-state index contributed by atoms with van der Waals surface area (Å²) in [5.41, 5.74) is 15.0. The molecule has 0 atom stereocenters. The van der Waals surface area contributed by atoms with E-state index in [1.807, 2.05) is 6.20 Å². The maximum Gasteiger partial charge on any atom is 0.270 e. The molecule has 3 aromatic heterocycles. The van der Waals surface area contributed by atoms with Gasteiger partial charge >= 0.3 is 0 Å². The maximum atomic E-state index is 12.3. The Morgan fingerprint density at radius 1 is 1.32 bits per heavy atom. The number of amides is 1. The first-order chi connectivity index (χ1) is 13.6. The van der Waals surface area contributed by atoms with Crippen LogP contribution in [0.1, 0.15) is 35.0 Å². The van der Waals surface area contributed by atoms with Crippen LogP contribution >= 0.6 is 11.3 Å². The molecule has 11 heteroatoms. The monoisotopic (exact) mass is 397 g/mol. The number of aromatic nitrogens is 4. The highest BCUT2D eigenvalue weighted by molar-refractivity contribution is 7.15. The molecule has 5 N–H and O–H groups in total. The highest BCUT2D eigenvalue weighted by Crippen LogP contribution is 2.39. The van der Waals surface area contributed by atoms with Crippen molar-refractivity contribution in [3.63, 3.8) is 0 Å². The van der Waals surface area contributed by atoms with Crippen LogP contribution in [0.2, 0.25) is 0 Å². The van der Waals surface area contributed by atoms with Gasteiger partial charge in [-0.05, 0) is 30.4 Å². The minimum Gasteiger partial charge on any atom is -0.374 e. The number of carbonyl (C=O) groups excluding carboxylic acids is 1. The van der Waals surface area contributed by atoms with Gasteiger partial charge in [0.15, 0.2) is 0 Å². The third kappa shape index (κ3) is 3.49. The number of nitrogens with two attached hydrogens (primary N) is 1. The highest BCUT2D eigenvalue weighted by Gasteiger charge is 2.24. The molecule has 0 aromatic carbocycles. The van der Waals surface area contributed by atoms with E-state index in [9.17, 15) is 4.79 Å². The van der Waals surface area contributed by atoms with Gasteiger partial charge in [0.05, 0.1) is 18.8 Å². The lowest BCUT2D eigenvalue weighted by Gasteiger charge is -2.12. The predicted octanol–water partition coefficient (Wildman–Crippen LogP) is 0.628. The molecular weight excluding hydrogens is 378 g/mol. The SMILES string of the molecule is Nc1nnc(CNC(=O)C2=CN(Cc3cn4cc(C5CC5)ccc4n3)NN2)s1. The van der Waals surface area contributed by atoms with E-state index in [0.29, 0.717) is 28.3 Å². The van der Waals surface area contributed by atoms with Crippen molar-refractivity contribution < 1.29 is 4.79 Å². The number of hydrogen-bond donors (Lipinski definition) is 4. The Balaban J connectivity index is 1.21. The molecule has 1 saturated carbocycles. The number of fused-ring (bicyclic) bond motifs is 1. The summed E-state index contributed by atoms with van der Waals surface area (Å²) < 4.78 is 2.07. The Kier molecular flexibility index (Phi) is 4.10. The van der Waals surface area contributed by atoms with Crippen LogP contribution in [0, 0.1) is 0 Å². The first-order valence-corrected chi connectivity index (χ1v) is 9.79. The Hall–Kier alpha value is -3.18. The minimum atomic E-state index is -0.243. The Morgan fingerprint density at radius 2 is 2.21 bits per heavy atom. The van der Waals surface area contributed by atoms with Gasteiger partial charge in [-0.2, -0.15) is 0 Å². The van der Waals surface area contributed by atoms with Crippen molar-refractivity contribution in [3.8, 4) is 0 Å². The molecule has 0 saturated heterocycles. The van der Waals surface area contributed by atoms with E-state index < -0.39 is 0 Å². The molecule has 28 heavy (non-hydrogen) atoms. The fraction of sp³-hybridized carbons (Fsp3) is 0.294. The molecule has 1 fully saturated rings. The second kappa shape index (κ2) is 6.77. The van der Waals surface area contributed by atoms with E-state index in [1.165, 1.54) is 29.7 Å². The molecule has 5 rings (SSSR count). The Bertz CT molecular complexity index is 1070. The number of pyridine rings is 1. The van der Waals surface area contributed by atoms with Crippen LogP contribution in [0.25, 0.3) is 5.65 Å². The number of carbonyl (C=O) groups is 1. The summed E-state index contributed by atoms with van der Waals surface area (Å²) in [6.07, 6.45) is 8.45. The second-order valence-electron chi connectivity index (χ2n) is 6.86. The lowest BCUT2D eigenvalue weighted by molar-refractivity contribution is -0.118. The molecule has 0 spiro atoms. The molecule has 1 amide bonds. The summed E-state index contributed by atoms with van der Waals surface area (Å²) in [5, 5.41) is 13.2. The van der Waals surface area contributed by atoms with Gasteiger partial charge in [0.2, 0.25) is 5.13 Å². The molecule has 0 radical (unpaired) electrons. The molecule has 10 nitrogen and oxygen atoms in total. The van der Waals surface area contributed by atoms with E-state index >= 15 is 0 Å². The fourth-order valence-electron chi connectivity index (χ4n) is 3.11. The van der Waals surface area contributed by atoms with Crippen LogP contribution in [-0.2, 0) is 17.9 Å². The summed E-state index contributed by atoms with van der Waals surface area (Å²) in [6, 6.07) is 4.22. The zero-order valence-electron chi connectivity index (χ0n) is 14.9. The summed E-state index contributed by atoms with van der Waals surface area (Å²) in [6.45, 7) is 0.805. The van der Waals surface area contributed by atoms with E-state index in [0.717, 1.165) is 11.3 Å². The number of nitrogen functional groups attached to an aromatic ring is 1. The zero-order chi connectivity index (χ0) is 19.1. The molecule has 0 unspecified atom stereocenters. The molecule has 0 bridgehead atoms. The summed E-state index contributed by atoms with van der Waals surface area (Å²) in [5.74, 6) is 0.466. The first kappa shape index (κ1) is 17.0. The zero-order valence-corrected chi connectivity index (χ0v) is 15.7. The van der Waals surface area contributed by atoms with E-state index in [-0.39, 0.29) is 12.5 Å². The number of hydrazine groups is 2. The maximum absolute atomic E-state index is 12.3. The smallest absolute Gasteiger partial charge is 0.270 e. The van der Waals surface area contributed by atoms with Gasteiger partial charge in [0.25, 0.3) is 5.91 Å². The standard InChI is InChI=1S/C17H19N9OS/c18-17-23-22-15(28-17)5-19-16(27)13-9-26(24-21-13)8-12-7-25-6-11(10-1-2-10)3-4-14(25)20-12/h3-4,6-7,9-10,21,24H,1-2,5,8H2,(H2,18,23)(H,19,27). The van der Waals surface area contributed by atoms with Gasteiger partial charge in [-0.3, -0.25) is 15.2 Å². The lowest BCUT2D eigenvalue weighted by Crippen LogP contribution is -2.38. The van der Waals surface area contributed by atoms with Crippen LogP contribution in [0.4, 0.5) is 5.13 Å². The van der Waals surface area contributed by atoms with Crippen molar-refractivity contribution in [3.05, 3.63) is 52.7 Å². The number of imidazole rings is 1. The van der Waals surface area contributed by atoms with Crippen molar-refractivity contribution >= 4 is 28.0 Å². The van der Waals surface area contributed by atoms with E-state index in [1.54, 1.807) is 11.2 Å². The van der Waals surface area contributed by atoms with Crippen molar-refractivity contribution in [2.45, 2.75) is 31.8 Å². The third-order valence-electron chi connectivity index (χ3n) is 4.65. The average molecular weight is 397 g/mol. The van der Waals surface area contributed by atoms with Gasteiger partial charge in [-0.15, -0.1) is 15.7 Å². The second-order valence-corrected chi connectivity index (χ2v) is 7.95. The minimum absolute atomic E-state index is 0.243. The largest absolute Gasteiger partial charge is 0.374 e. The van der Waals surface area contributed by atoms with Crippen molar-refractivity contribution in [2.24, 2.45) is 0 Å². The van der Waals surface area contributed by atoms with Crippen LogP contribution in [0.3, 0.4) is 0 Å². The van der Waals surface area contributed by atoms with Crippen LogP contribution in [-0.4, -0.2) is 30.5 Å². The quantitative estimate of drug-likeness (QED) is 0.477. The van der Waals surface area contributed by atoms with Crippen molar-refractivity contribution in [2.75, 3.05) is 5.73 Å². The Morgan fingerprint density at radius 3 is 3.00 bits per heavy atom. The number of hydrogen-bond acceptors (Lipinski definition) is 9. The van der Waals surface area contributed by atoms with Crippen molar-refractivity contribution in [1.82, 2.24) is 40.9 Å². The topological polar surface area (TPSA) is 126 Å². The highest BCUT2D eigenvalue weighted by atomic mass is 32.1. The Labute approximate surface area is 164 Å². The normalized spacial score (nSPS) is 16.3. The first-order valence-electron chi connectivity index (χ1n) is 8.98. The molecule has 1 aliphatic carbocycles. The summed E-state index contributed by atoms with van der Waals surface area (Å²) >= 11 is 1.25. The van der Waals surface area contributed by atoms with Crippen LogP contribution in [0.15, 0.2) is 36.4 Å². The number of anilines is 1. The number of nitrogens with zero attached hydrogens (tertiary/aromatic N) is 5. The van der Waals surface area contributed by atoms with Crippen LogP contribution < -0.4 is 22.0 Å². The summed E-state index contributed by atoms with van der Waals surface area (Å²) in [4.78, 5) is 16.9. The van der Waals surface area contributed by atoms with Crippen LogP contribution in [0.5, 0.6) is 0 Å². The third-order valence-corrected chi connectivity index (χ3v) is 5.40. The summed E-state index contributed by atoms with van der Waals surface area (Å²) in [7, 11) is 0. The van der Waals surface area contributed by atoms with E-state index in [4.69, 9.17) is 5.73 Å². The number of rotatable bonds is 6. The van der Waals surface area contributed by atoms with Gasteiger partial charge in [-0.1, -0.05) is 17.4 Å². The molecule has 144 valence electrons. The van der Waals surface area contributed by atoms with Gasteiger partial charge in [0.1, 0.15) is 16.4 Å².